The number of halogens is 1. The Morgan fingerprint density at radius 2 is 2.00 bits per heavy atom. The summed E-state index contributed by atoms with van der Waals surface area (Å²) in [5.74, 6) is 3.02. The maximum atomic E-state index is 5.33. The summed E-state index contributed by atoms with van der Waals surface area (Å²) >= 11 is 0. The first-order valence-electron chi connectivity index (χ1n) is 9.97. The summed E-state index contributed by atoms with van der Waals surface area (Å²) in [6.07, 6.45) is 6.79. The molecule has 2 N–H and O–H groups in total. The molecule has 8 heteroatoms. The maximum absolute atomic E-state index is 5.33. The summed E-state index contributed by atoms with van der Waals surface area (Å²) in [5, 5.41) is 10.6. The molecule has 158 valence electrons. The lowest BCUT2D eigenvalue weighted by Gasteiger charge is -2.31. The lowest BCUT2D eigenvalue weighted by atomic mass is 10.0. The van der Waals surface area contributed by atoms with Crippen molar-refractivity contribution in [1.29, 1.82) is 0 Å². The second-order valence-corrected chi connectivity index (χ2v) is 7.01. The zero-order chi connectivity index (χ0) is 19.9. The minimum absolute atomic E-state index is 0. The predicted octanol–water partition coefficient (Wildman–Crippen LogP) is 3.98. The zero-order valence-corrected chi connectivity index (χ0v) is 19.4. The number of benzene rings is 1. The zero-order valence-electron chi connectivity index (χ0n) is 17.0. The van der Waals surface area contributed by atoms with Crippen molar-refractivity contribution >= 4 is 36.0 Å². The van der Waals surface area contributed by atoms with Crippen molar-refractivity contribution in [3.05, 3.63) is 65.7 Å². The summed E-state index contributed by atoms with van der Waals surface area (Å²) in [6, 6.07) is 14.2. The molecule has 3 heterocycles. The molecule has 0 aliphatic carbocycles. The largest absolute Gasteiger partial charge is 0.461 e. The maximum Gasteiger partial charge on any atom is 0.216 e. The first kappa shape index (κ1) is 22.1. The van der Waals surface area contributed by atoms with E-state index in [2.05, 4.69) is 66.8 Å². The van der Waals surface area contributed by atoms with Gasteiger partial charge in [-0.15, -0.1) is 24.0 Å². The van der Waals surface area contributed by atoms with E-state index in [1.807, 2.05) is 19.2 Å². The second kappa shape index (κ2) is 11.0. The van der Waals surface area contributed by atoms with Crippen LogP contribution in [0, 0.1) is 0 Å². The Morgan fingerprint density at radius 3 is 2.70 bits per heavy atom. The summed E-state index contributed by atoms with van der Waals surface area (Å²) in [4.78, 5) is 11.2. The third-order valence-corrected chi connectivity index (χ3v) is 5.01. The Labute approximate surface area is 193 Å². The van der Waals surface area contributed by atoms with Gasteiger partial charge in [-0.2, -0.15) is 5.10 Å². The van der Waals surface area contributed by atoms with E-state index in [1.54, 1.807) is 6.26 Å². The molecule has 0 unspecified atom stereocenters. The summed E-state index contributed by atoms with van der Waals surface area (Å²) in [6.45, 7) is 2.69. The van der Waals surface area contributed by atoms with Crippen molar-refractivity contribution in [2.24, 2.45) is 4.99 Å². The average Bonchev–Trinajstić information content (AvgIpc) is 3.45. The van der Waals surface area contributed by atoms with Crippen LogP contribution in [0.3, 0.4) is 0 Å². The molecule has 30 heavy (non-hydrogen) atoms. The van der Waals surface area contributed by atoms with Crippen LogP contribution in [0.1, 0.15) is 24.2 Å². The third-order valence-electron chi connectivity index (χ3n) is 5.01. The van der Waals surface area contributed by atoms with E-state index >= 15 is 0 Å². The van der Waals surface area contributed by atoms with Crippen LogP contribution in [-0.4, -0.2) is 52.7 Å². The Hall–Kier alpha value is -2.62. The highest BCUT2D eigenvalue weighted by Gasteiger charge is 2.17. The smallest absolute Gasteiger partial charge is 0.216 e. The van der Waals surface area contributed by atoms with Gasteiger partial charge in [0.2, 0.25) is 5.82 Å². The van der Waals surface area contributed by atoms with Crippen LogP contribution in [-0.2, 0) is 6.42 Å². The molecule has 0 saturated carbocycles. The van der Waals surface area contributed by atoms with E-state index < -0.39 is 0 Å². The Balaban J connectivity index is 0.00000256. The molecule has 1 aliphatic heterocycles. The molecule has 4 rings (SSSR count). The normalized spacial score (nSPS) is 14.4. The lowest BCUT2D eigenvalue weighted by molar-refractivity contribution is 0.375. The number of H-pyrrole nitrogens is 1. The van der Waals surface area contributed by atoms with E-state index in [0.29, 0.717) is 11.6 Å². The standard InChI is InChI=1S/C22H26N6O.HI/c1-23-22(24-12-9-20-25-21(27-26-20)19-8-5-15-29-19)28-13-10-18(11-14-28)16-17-6-3-2-4-7-17;/h2-8,15-16H,9-14H2,1H3,(H,23,24)(H,25,26,27);1H. The number of piperidine rings is 1. The molecular formula is C22H27IN6O. The molecule has 0 spiro atoms. The molecule has 0 amide bonds. The van der Waals surface area contributed by atoms with Gasteiger partial charge in [-0.3, -0.25) is 10.1 Å². The summed E-state index contributed by atoms with van der Waals surface area (Å²) in [5.41, 5.74) is 2.77. The van der Waals surface area contributed by atoms with Gasteiger partial charge in [-0.1, -0.05) is 42.0 Å². The number of guanidine groups is 1. The fraction of sp³-hybridized carbons (Fsp3) is 0.318. The fourth-order valence-electron chi connectivity index (χ4n) is 3.48. The number of nitrogens with one attached hydrogen (secondary N) is 2. The highest BCUT2D eigenvalue weighted by molar-refractivity contribution is 14.0. The minimum atomic E-state index is 0. The van der Waals surface area contributed by atoms with E-state index in [9.17, 15) is 0 Å². The molecule has 0 atom stereocenters. The number of hydrogen-bond donors (Lipinski definition) is 2. The molecular weight excluding hydrogens is 491 g/mol. The van der Waals surface area contributed by atoms with Gasteiger partial charge in [0.25, 0.3) is 0 Å². The van der Waals surface area contributed by atoms with Gasteiger partial charge >= 0.3 is 0 Å². The number of likely N-dealkylation sites (tertiary alicyclic amines) is 1. The molecule has 1 fully saturated rings. The van der Waals surface area contributed by atoms with Gasteiger partial charge in [0.15, 0.2) is 11.7 Å². The Bertz CT molecular complexity index is 955. The highest BCUT2D eigenvalue weighted by atomic mass is 127. The molecule has 3 aromatic rings. The third kappa shape index (κ3) is 5.71. The molecule has 0 radical (unpaired) electrons. The van der Waals surface area contributed by atoms with Gasteiger partial charge in [0.1, 0.15) is 5.82 Å². The Morgan fingerprint density at radius 1 is 1.20 bits per heavy atom. The molecule has 1 aromatic carbocycles. The SMILES string of the molecule is CN=C(NCCc1nc(-c2ccco2)n[nH]1)N1CCC(=Cc2ccccc2)CC1.I. The van der Waals surface area contributed by atoms with Crippen molar-refractivity contribution in [2.45, 2.75) is 19.3 Å². The molecule has 1 aliphatic rings. The monoisotopic (exact) mass is 518 g/mol. The van der Waals surface area contributed by atoms with Crippen molar-refractivity contribution in [1.82, 2.24) is 25.4 Å². The van der Waals surface area contributed by atoms with Gasteiger partial charge in [0, 0.05) is 33.1 Å². The van der Waals surface area contributed by atoms with Crippen molar-refractivity contribution in [2.75, 3.05) is 26.7 Å². The van der Waals surface area contributed by atoms with Crippen LogP contribution in [0.4, 0.5) is 0 Å². The van der Waals surface area contributed by atoms with Crippen LogP contribution in [0.15, 0.2) is 63.7 Å². The van der Waals surface area contributed by atoms with Gasteiger partial charge in [-0.25, -0.2) is 4.98 Å². The Kier molecular flexibility index (Phi) is 8.06. The van der Waals surface area contributed by atoms with Crippen LogP contribution in [0.2, 0.25) is 0 Å². The quantitative estimate of drug-likeness (QED) is 0.304. The average molecular weight is 518 g/mol. The number of furan rings is 1. The van der Waals surface area contributed by atoms with Crippen LogP contribution in [0.25, 0.3) is 17.7 Å². The first-order valence-corrected chi connectivity index (χ1v) is 9.97. The number of hydrogen-bond acceptors (Lipinski definition) is 4. The fourth-order valence-corrected chi connectivity index (χ4v) is 3.48. The van der Waals surface area contributed by atoms with Crippen molar-refractivity contribution in [3.8, 4) is 11.6 Å². The molecule has 7 nitrogen and oxygen atoms in total. The molecule has 1 saturated heterocycles. The first-order chi connectivity index (χ1) is 14.3. The predicted molar refractivity (Wildman–Crippen MR) is 130 cm³/mol. The topological polar surface area (TPSA) is 82.3 Å². The number of rotatable bonds is 5. The number of aromatic nitrogens is 3. The minimum Gasteiger partial charge on any atom is -0.461 e. The second-order valence-electron chi connectivity index (χ2n) is 7.01. The van der Waals surface area contributed by atoms with Crippen LogP contribution < -0.4 is 5.32 Å². The van der Waals surface area contributed by atoms with Crippen LogP contribution >= 0.6 is 24.0 Å². The highest BCUT2D eigenvalue weighted by Crippen LogP contribution is 2.19. The molecule has 0 bridgehead atoms. The van der Waals surface area contributed by atoms with Crippen LogP contribution in [0.5, 0.6) is 0 Å². The van der Waals surface area contributed by atoms with E-state index in [4.69, 9.17) is 4.42 Å². The summed E-state index contributed by atoms with van der Waals surface area (Å²) < 4.78 is 5.33. The number of aromatic amines is 1. The molecule has 2 aromatic heterocycles. The van der Waals surface area contributed by atoms with E-state index in [-0.39, 0.29) is 24.0 Å². The number of aliphatic imine (C=N–C) groups is 1. The number of nitrogens with zero attached hydrogens (tertiary/aromatic N) is 4. The summed E-state index contributed by atoms with van der Waals surface area (Å²) in [7, 11) is 1.83. The van der Waals surface area contributed by atoms with Crippen molar-refractivity contribution < 1.29 is 4.42 Å². The van der Waals surface area contributed by atoms with Crippen molar-refractivity contribution in [3.63, 3.8) is 0 Å². The van der Waals surface area contributed by atoms with E-state index in [0.717, 1.165) is 50.7 Å². The lowest BCUT2D eigenvalue weighted by Crippen LogP contribution is -2.45. The van der Waals surface area contributed by atoms with Gasteiger partial charge in [-0.05, 0) is 30.5 Å². The van der Waals surface area contributed by atoms with Gasteiger partial charge in [0.05, 0.1) is 6.26 Å². The van der Waals surface area contributed by atoms with Gasteiger partial charge < -0.3 is 14.6 Å². The van der Waals surface area contributed by atoms with E-state index in [1.165, 1.54) is 11.1 Å².